The first kappa shape index (κ1) is 10.6. The van der Waals surface area contributed by atoms with Crippen LogP contribution in [0.4, 0.5) is 22.7 Å². The highest BCUT2D eigenvalue weighted by Gasteiger charge is 2.24. The molecule has 0 aliphatic carbocycles. The maximum absolute atomic E-state index is 9.61. The average Bonchev–Trinajstić information content (AvgIpc) is 2.40. The molecule has 86 valence electrons. The van der Waals surface area contributed by atoms with Crippen LogP contribution in [0.25, 0.3) is 0 Å². The molecule has 0 spiro atoms. The van der Waals surface area contributed by atoms with Crippen LogP contribution in [-0.4, -0.2) is 11.9 Å². The monoisotopic (exact) mass is 244 g/mol. The maximum Gasteiger partial charge on any atom is 0.119 e. The molecule has 0 radical (unpaired) electrons. The van der Waals surface area contributed by atoms with Crippen LogP contribution in [0.2, 0.25) is 0 Å². The summed E-state index contributed by atoms with van der Waals surface area (Å²) in [5.74, 6) is 0. The van der Waals surface area contributed by atoms with E-state index >= 15 is 0 Å². The number of para-hydroxylation sites is 4. The van der Waals surface area contributed by atoms with Crippen molar-refractivity contribution >= 4 is 31.7 Å². The predicted molar refractivity (Wildman–Crippen MR) is 73.6 cm³/mol. The van der Waals surface area contributed by atoms with Gasteiger partial charge in [-0.05, 0) is 24.3 Å². The van der Waals surface area contributed by atoms with E-state index in [4.69, 9.17) is 0 Å². The van der Waals surface area contributed by atoms with E-state index in [9.17, 15) is 4.89 Å². The Balaban J connectivity index is 2.25. The van der Waals surface area contributed by atoms with Gasteiger partial charge in [0.05, 0.1) is 22.7 Å². The largest absolute Gasteiger partial charge is 0.357 e. The fourth-order valence-corrected chi connectivity index (χ4v) is 2.83. The van der Waals surface area contributed by atoms with Crippen molar-refractivity contribution in [1.82, 2.24) is 0 Å². The number of fused-ring (bicyclic) bond motifs is 2. The van der Waals surface area contributed by atoms with Crippen LogP contribution in [0.5, 0.6) is 0 Å². The smallest absolute Gasteiger partial charge is 0.119 e. The summed E-state index contributed by atoms with van der Waals surface area (Å²) < 4.78 is 1.95. The molecule has 3 rings (SSSR count). The van der Waals surface area contributed by atoms with Gasteiger partial charge in [-0.3, -0.25) is 4.67 Å². The Morgan fingerprint density at radius 2 is 1.24 bits per heavy atom. The number of hydrogen-bond donors (Lipinski definition) is 1. The van der Waals surface area contributed by atoms with Crippen LogP contribution < -0.4 is 9.57 Å². The third-order valence-corrected chi connectivity index (χ3v) is 3.75. The second kappa shape index (κ2) is 4.02. The Labute approximate surface area is 102 Å². The van der Waals surface area contributed by atoms with Crippen LogP contribution in [-0.2, 0) is 0 Å². The fourth-order valence-electron chi connectivity index (χ4n) is 2.24. The number of nitrogens with zero attached hydrogens (tertiary/aromatic N) is 2. The van der Waals surface area contributed by atoms with Gasteiger partial charge >= 0.3 is 0 Å². The standard InChI is InChI=1S/C13H13N2OP/c1-14-10-6-2-4-8-12(10)15(17-16)13-9-5-3-7-11(13)14/h2-9,16-17H,1H3. The van der Waals surface area contributed by atoms with E-state index in [0.717, 1.165) is 22.7 Å². The Morgan fingerprint density at radius 3 is 1.65 bits per heavy atom. The van der Waals surface area contributed by atoms with E-state index in [2.05, 4.69) is 24.1 Å². The molecule has 1 unspecified atom stereocenters. The first-order chi connectivity index (χ1) is 8.33. The van der Waals surface area contributed by atoms with Crippen molar-refractivity contribution in [1.29, 1.82) is 0 Å². The minimum Gasteiger partial charge on any atom is -0.357 e. The normalized spacial score (nSPS) is 14.0. The fraction of sp³-hybridized carbons (Fsp3) is 0.0769. The van der Waals surface area contributed by atoms with Crippen molar-refractivity contribution in [3.8, 4) is 0 Å². The topological polar surface area (TPSA) is 26.7 Å². The van der Waals surface area contributed by atoms with E-state index in [-0.39, 0.29) is 8.96 Å². The lowest BCUT2D eigenvalue weighted by molar-refractivity contribution is 0.645. The summed E-state index contributed by atoms with van der Waals surface area (Å²) in [6.07, 6.45) is 0. The molecule has 4 heteroatoms. The zero-order valence-corrected chi connectivity index (χ0v) is 10.5. The molecule has 0 amide bonds. The van der Waals surface area contributed by atoms with Crippen molar-refractivity contribution in [2.45, 2.75) is 0 Å². The van der Waals surface area contributed by atoms with Crippen molar-refractivity contribution < 1.29 is 4.89 Å². The molecule has 2 aromatic carbocycles. The highest BCUT2D eigenvalue weighted by atomic mass is 31.1. The lowest BCUT2D eigenvalue weighted by Crippen LogP contribution is -2.21. The molecule has 0 fully saturated rings. The zero-order chi connectivity index (χ0) is 11.8. The molecule has 2 aromatic rings. The second-order valence-electron chi connectivity index (χ2n) is 3.97. The zero-order valence-electron chi connectivity index (χ0n) is 9.46. The molecule has 1 aliphatic heterocycles. The minimum atomic E-state index is -0.263. The van der Waals surface area contributed by atoms with Crippen LogP contribution in [0.3, 0.4) is 0 Å². The first-order valence-electron chi connectivity index (χ1n) is 5.44. The Bertz CT molecular complexity index is 511. The van der Waals surface area contributed by atoms with Crippen molar-refractivity contribution in [3.63, 3.8) is 0 Å². The number of rotatable bonds is 1. The molecule has 3 nitrogen and oxygen atoms in total. The summed E-state index contributed by atoms with van der Waals surface area (Å²) in [5, 5.41) is 0. The van der Waals surface area contributed by atoms with Crippen molar-refractivity contribution in [2.24, 2.45) is 0 Å². The Hall–Kier alpha value is -1.57. The van der Waals surface area contributed by atoms with E-state index in [0.29, 0.717) is 0 Å². The molecule has 1 aliphatic rings. The van der Waals surface area contributed by atoms with E-state index in [1.165, 1.54) is 0 Å². The van der Waals surface area contributed by atoms with Crippen LogP contribution in [0.15, 0.2) is 48.5 Å². The molecule has 17 heavy (non-hydrogen) atoms. The van der Waals surface area contributed by atoms with Crippen LogP contribution in [0, 0.1) is 0 Å². The highest BCUT2D eigenvalue weighted by Crippen LogP contribution is 2.50. The third-order valence-electron chi connectivity index (χ3n) is 3.07. The van der Waals surface area contributed by atoms with Crippen LogP contribution in [0.1, 0.15) is 0 Å². The quantitative estimate of drug-likeness (QED) is 0.779. The van der Waals surface area contributed by atoms with Gasteiger partial charge in [0.25, 0.3) is 0 Å². The van der Waals surface area contributed by atoms with Gasteiger partial charge in [0.1, 0.15) is 8.96 Å². The molecule has 0 aromatic heterocycles. The number of benzene rings is 2. The highest BCUT2D eigenvalue weighted by molar-refractivity contribution is 7.34. The number of anilines is 4. The molecule has 0 bridgehead atoms. The first-order valence-corrected chi connectivity index (χ1v) is 6.34. The summed E-state index contributed by atoms with van der Waals surface area (Å²) in [6.45, 7) is 0. The molecular weight excluding hydrogens is 231 g/mol. The maximum atomic E-state index is 9.61. The van der Waals surface area contributed by atoms with E-state index in [1.807, 2.05) is 41.1 Å². The summed E-state index contributed by atoms with van der Waals surface area (Å²) in [7, 11) is 1.79. The summed E-state index contributed by atoms with van der Waals surface area (Å²) in [6, 6.07) is 16.2. The SMILES string of the molecule is CN1c2ccccc2N(PO)c2ccccc21. The Morgan fingerprint density at radius 1 is 0.824 bits per heavy atom. The van der Waals surface area contributed by atoms with Gasteiger partial charge in [-0.15, -0.1) is 0 Å². The second-order valence-corrected chi connectivity index (χ2v) is 4.62. The van der Waals surface area contributed by atoms with Crippen LogP contribution >= 0.6 is 8.96 Å². The van der Waals surface area contributed by atoms with Gasteiger partial charge in [0.15, 0.2) is 0 Å². The van der Waals surface area contributed by atoms with Crippen molar-refractivity contribution in [3.05, 3.63) is 48.5 Å². The summed E-state index contributed by atoms with van der Waals surface area (Å²) in [5.41, 5.74) is 4.34. The summed E-state index contributed by atoms with van der Waals surface area (Å²) >= 11 is 0. The molecule has 0 saturated heterocycles. The third kappa shape index (κ3) is 1.51. The van der Waals surface area contributed by atoms with E-state index < -0.39 is 0 Å². The van der Waals surface area contributed by atoms with Crippen molar-refractivity contribution in [2.75, 3.05) is 16.6 Å². The lowest BCUT2D eigenvalue weighted by Gasteiger charge is -2.36. The van der Waals surface area contributed by atoms with Gasteiger partial charge in [0.2, 0.25) is 0 Å². The minimum absolute atomic E-state index is 0.263. The predicted octanol–water partition coefficient (Wildman–Crippen LogP) is 3.41. The molecular formula is C13H13N2OP. The van der Waals surface area contributed by atoms with Gasteiger partial charge in [-0.25, -0.2) is 0 Å². The van der Waals surface area contributed by atoms with E-state index in [1.54, 1.807) is 0 Å². The van der Waals surface area contributed by atoms with Gasteiger partial charge in [0, 0.05) is 7.05 Å². The molecule has 1 N–H and O–H groups in total. The molecule has 1 atom stereocenters. The number of hydrogen-bond acceptors (Lipinski definition) is 3. The lowest BCUT2D eigenvalue weighted by atomic mass is 10.1. The Kier molecular flexibility index (Phi) is 2.50. The summed E-state index contributed by atoms with van der Waals surface area (Å²) in [4.78, 5) is 11.8. The molecule has 0 saturated carbocycles. The molecule has 1 heterocycles. The average molecular weight is 244 g/mol. The van der Waals surface area contributed by atoms with Gasteiger partial charge in [-0.2, -0.15) is 0 Å². The van der Waals surface area contributed by atoms with Gasteiger partial charge < -0.3 is 9.79 Å². The van der Waals surface area contributed by atoms with Gasteiger partial charge in [-0.1, -0.05) is 24.3 Å².